The lowest BCUT2D eigenvalue weighted by molar-refractivity contribution is 0.1000. The monoisotopic (exact) mass is 463 g/mol. The molecule has 5 nitrogen and oxygen atoms in total. The molecule has 3 rings (SSSR count). The van der Waals surface area contributed by atoms with E-state index in [1.807, 2.05) is 7.05 Å². The first-order chi connectivity index (χ1) is 11.4. The van der Waals surface area contributed by atoms with Crippen LogP contribution in [0.15, 0.2) is 22.7 Å². The van der Waals surface area contributed by atoms with Crippen molar-refractivity contribution in [3.05, 3.63) is 49.3 Å². The second-order valence-electron chi connectivity index (χ2n) is 5.64. The lowest BCUT2D eigenvalue weighted by Crippen LogP contribution is -2.27. The zero-order chi connectivity index (χ0) is 17.4. The van der Waals surface area contributed by atoms with Gasteiger partial charge < -0.3 is 16.0 Å². The Labute approximate surface area is 169 Å². The second-order valence-corrected chi connectivity index (χ2v) is 8.07. The highest BCUT2D eigenvalue weighted by Crippen LogP contribution is 2.37. The number of likely N-dealkylation sites (N-methyl/N-ethyl adjacent to an activating group) is 1. The van der Waals surface area contributed by atoms with Crippen molar-refractivity contribution in [2.45, 2.75) is 13.0 Å². The molecule has 0 saturated carbocycles. The number of hydrogen-bond acceptors (Lipinski definition) is 4. The molecule has 134 valence electrons. The number of primary amides is 1. The summed E-state index contributed by atoms with van der Waals surface area (Å²) in [6.45, 7) is 1.60. The van der Waals surface area contributed by atoms with Crippen LogP contribution in [-0.4, -0.2) is 30.3 Å². The molecule has 0 bridgehead atoms. The summed E-state index contributed by atoms with van der Waals surface area (Å²) in [7, 11) is 2.02. The van der Waals surface area contributed by atoms with Crippen molar-refractivity contribution in [1.82, 2.24) is 4.90 Å². The Kier molecular flexibility index (Phi) is 6.51. The summed E-state index contributed by atoms with van der Waals surface area (Å²) in [6.07, 6.45) is 0.744. The molecule has 2 aromatic rings. The van der Waals surface area contributed by atoms with E-state index >= 15 is 0 Å². The maximum atomic E-state index is 12.6. The number of amides is 2. The number of carbonyl (C=O) groups excluding carboxylic acids is 2. The van der Waals surface area contributed by atoms with E-state index in [1.54, 1.807) is 18.2 Å². The Bertz CT molecular complexity index is 841. The van der Waals surface area contributed by atoms with Crippen molar-refractivity contribution in [3.8, 4) is 0 Å². The molecular weight excluding hydrogens is 449 g/mol. The average Bonchev–Trinajstić information content (AvgIpc) is 2.86. The fraction of sp³-hybridized carbons (Fsp3) is 0.250. The minimum Gasteiger partial charge on any atom is -0.365 e. The SMILES string of the molecule is CN1CCc2c(sc(NC(=O)c3cc(Br)ccc3Cl)c2C(N)=O)C1.Cl. The Balaban J connectivity index is 0.00000225. The van der Waals surface area contributed by atoms with Gasteiger partial charge in [-0.1, -0.05) is 27.5 Å². The minimum absolute atomic E-state index is 0. The quantitative estimate of drug-likeness (QED) is 0.722. The highest BCUT2D eigenvalue weighted by Gasteiger charge is 2.27. The lowest BCUT2D eigenvalue weighted by Gasteiger charge is -2.22. The number of hydrogen-bond donors (Lipinski definition) is 2. The molecule has 9 heteroatoms. The van der Waals surface area contributed by atoms with Gasteiger partial charge in [-0.2, -0.15) is 0 Å². The molecule has 2 heterocycles. The maximum Gasteiger partial charge on any atom is 0.257 e. The van der Waals surface area contributed by atoms with Gasteiger partial charge in [-0.25, -0.2) is 0 Å². The standard InChI is InChI=1S/C16H15BrClN3O2S.ClH/c1-21-5-4-9-12(7-21)24-16(13(9)14(19)22)20-15(23)10-6-8(17)2-3-11(10)18;/h2-3,6H,4-5,7H2,1H3,(H2,19,22)(H,20,23);1H. The van der Waals surface area contributed by atoms with Crippen LogP contribution in [0, 0.1) is 0 Å². The second kappa shape index (κ2) is 8.05. The van der Waals surface area contributed by atoms with E-state index in [-0.39, 0.29) is 18.3 Å². The van der Waals surface area contributed by atoms with Gasteiger partial charge in [0, 0.05) is 22.4 Å². The van der Waals surface area contributed by atoms with E-state index in [0.717, 1.165) is 34.4 Å². The Morgan fingerprint density at radius 3 is 2.80 bits per heavy atom. The first-order valence-electron chi connectivity index (χ1n) is 7.26. The van der Waals surface area contributed by atoms with Gasteiger partial charge in [0.15, 0.2) is 0 Å². The predicted molar refractivity (Wildman–Crippen MR) is 107 cm³/mol. The van der Waals surface area contributed by atoms with Crippen LogP contribution in [0.4, 0.5) is 5.00 Å². The molecule has 1 aliphatic rings. The average molecular weight is 465 g/mol. The summed E-state index contributed by atoms with van der Waals surface area (Å²) in [4.78, 5) is 27.7. The van der Waals surface area contributed by atoms with E-state index in [0.29, 0.717) is 21.2 Å². The third-order valence-electron chi connectivity index (χ3n) is 3.89. The van der Waals surface area contributed by atoms with Gasteiger partial charge in [0.2, 0.25) is 0 Å². The number of anilines is 1. The predicted octanol–water partition coefficient (Wildman–Crippen LogP) is 3.92. The molecule has 0 spiro atoms. The number of carbonyl (C=O) groups is 2. The van der Waals surface area contributed by atoms with E-state index < -0.39 is 5.91 Å². The molecule has 0 unspecified atom stereocenters. The smallest absolute Gasteiger partial charge is 0.257 e. The van der Waals surface area contributed by atoms with Gasteiger partial charge >= 0.3 is 0 Å². The minimum atomic E-state index is -0.521. The first-order valence-corrected chi connectivity index (χ1v) is 9.25. The van der Waals surface area contributed by atoms with Crippen molar-refractivity contribution >= 4 is 68.1 Å². The number of rotatable bonds is 3. The van der Waals surface area contributed by atoms with E-state index in [2.05, 4.69) is 26.1 Å². The van der Waals surface area contributed by atoms with Gasteiger partial charge in [-0.05, 0) is 37.2 Å². The zero-order valence-corrected chi connectivity index (χ0v) is 17.2. The fourth-order valence-corrected chi connectivity index (χ4v) is 4.61. The number of fused-ring (bicyclic) bond motifs is 1. The van der Waals surface area contributed by atoms with Gasteiger partial charge in [0.25, 0.3) is 11.8 Å². The molecule has 0 atom stereocenters. The molecule has 1 aliphatic heterocycles. The molecule has 3 N–H and O–H groups in total. The van der Waals surface area contributed by atoms with Crippen LogP contribution in [0.25, 0.3) is 0 Å². The van der Waals surface area contributed by atoms with Crippen LogP contribution in [0.5, 0.6) is 0 Å². The fourth-order valence-electron chi connectivity index (χ4n) is 2.72. The third-order valence-corrected chi connectivity index (χ3v) is 5.85. The number of nitrogens with two attached hydrogens (primary N) is 1. The number of benzene rings is 1. The van der Waals surface area contributed by atoms with E-state index in [1.165, 1.54) is 11.3 Å². The molecule has 0 saturated heterocycles. The molecule has 25 heavy (non-hydrogen) atoms. The van der Waals surface area contributed by atoms with E-state index in [4.69, 9.17) is 17.3 Å². The summed E-state index contributed by atoms with van der Waals surface area (Å²) in [5.74, 6) is -0.886. The number of nitrogens with zero attached hydrogens (tertiary/aromatic N) is 1. The molecular formula is C16H16BrCl2N3O2S. The molecule has 1 aromatic heterocycles. The van der Waals surface area contributed by atoms with Gasteiger partial charge in [-0.15, -0.1) is 23.7 Å². The van der Waals surface area contributed by atoms with Crippen LogP contribution < -0.4 is 11.1 Å². The van der Waals surface area contributed by atoms with Crippen molar-refractivity contribution in [3.63, 3.8) is 0 Å². The number of thiophene rings is 1. The Morgan fingerprint density at radius 1 is 1.40 bits per heavy atom. The van der Waals surface area contributed by atoms with Gasteiger partial charge in [-0.3, -0.25) is 9.59 Å². The summed E-state index contributed by atoms with van der Waals surface area (Å²) in [6, 6.07) is 5.04. The largest absolute Gasteiger partial charge is 0.365 e. The normalized spacial score (nSPS) is 13.7. The van der Waals surface area contributed by atoms with Crippen molar-refractivity contribution in [2.24, 2.45) is 5.73 Å². The van der Waals surface area contributed by atoms with Crippen molar-refractivity contribution < 1.29 is 9.59 Å². The van der Waals surface area contributed by atoms with Crippen LogP contribution in [0.1, 0.15) is 31.2 Å². The van der Waals surface area contributed by atoms with Crippen LogP contribution >= 0.6 is 51.3 Å². The van der Waals surface area contributed by atoms with Crippen LogP contribution in [-0.2, 0) is 13.0 Å². The van der Waals surface area contributed by atoms with E-state index in [9.17, 15) is 9.59 Å². The number of nitrogens with one attached hydrogen (secondary N) is 1. The first kappa shape index (κ1) is 20.2. The van der Waals surface area contributed by atoms with Gasteiger partial charge in [0.05, 0.1) is 16.1 Å². The topological polar surface area (TPSA) is 75.4 Å². The summed E-state index contributed by atoms with van der Waals surface area (Å²) < 4.78 is 0.749. The Morgan fingerprint density at radius 2 is 2.12 bits per heavy atom. The molecule has 0 radical (unpaired) electrons. The summed E-state index contributed by atoms with van der Waals surface area (Å²) >= 11 is 10.8. The third kappa shape index (κ3) is 4.17. The molecule has 1 aromatic carbocycles. The lowest BCUT2D eigenvalue weighted by atomic mass is 10.0. The van der Waals surface area contributed by atoms with Gasteiger partial charge in [0.1, 0.15) is 5.00 Å². The highest BCUT2D eigenvalue weighted by molar-refractivity contribution is 9.10. The maximum absolute atomic E-state index is 12.6. The van der Waals surface area contributed by atoms with Crippen LogP contribution in [0.3, 0.4) is 0 Å². The summed E-state index contributed by atoms with van der Waals surface area (Å²) in [5, 5.41) is 3.64. The molecule has 0 fully saturated rings. The van der Waals surface area contributed by atoms with Crippen molar-refractivity contribution in [1.29, 1.82) is 0 Å². The summed E-state index contributed by atoms with van der Waals surface area (Å²) in [5.41, 5.74) is 7.26. The Hall–Kier alpha value is -1.12. The molecule has 0 aliphatic carbocycles. The molecule has 2 amide bonds. The zero-order valence-electron chi connectivity index (χ0n) is 13.3. The van der Waals surface area contributed by atoms with Crippen LogP contribution in [0.2, 0.25) is 5.02 Å². The number of halogens is 3. The van der Waals surface area contributed by atoms with Crippen molar-refractivity contribution in [2.75, 3.05) is 18.9 Å². The highest BCUT2D eigenvalue weighted by atomic mass is 79.9.